The first kappa shape index (κ1) is 19.7. The molecule has 0 N–H and O–H groups in total. The van der Waals surface area contributed by atoms with Crippen LogP contribution in [-0.4, -0.2) is 24.0 Å². The second kappa shape index (κ2) is 7.14. The molecule has 0 spiro atoms. The van der Waals surface area contributed by atoms with E-state index < -0.39 is 0 Å². The minimum atomic E-state index is 0. The van der Waals surface area contributed by atoms with Crippen LogP contribution < -0.4 is 0 Å². The molecule has 1 fully saturated rings. The first-order chi connectivity index (χ1) is 7.90. The van der Waals surface area contributed by atoms with E-state index >= 15 is 0 Å². The molecule has 1 saturated heterocycles. The molecule has 1 nitrogen and oxygen atoms in total. The molecule has 0 aromatic heterocycles. The van der Waals surface area contributed by atoms with E-state index in [9.17, 15) is 0 Å². The fourth-order valence-corrected chi connectivity index (χ4v) is 4.36. The van der Waals surface area contributed by atoms with Crippen molar-refractivity contribution in [3.63, 3.8) is 0 Å². The van der Waals surface area contributed by atoms with Gasteiger partial charge in [0.15, 0.2) is 0 Å². The van der Waals surface area contributed by atoms with Crippen LogP contribution in [0.15, 0.2) is 20.6 Å². The molecule has 1 aliphatic heterocycles. The Morgan fingerprint density at radius 1 is 1.05 bits per heavy atom. The molecule has 2 unspecified atom stereocenters. The summed E-state index contributed by atoms with van der Waals surface area (Å²) in [4.78, 5) is 2.68. The van der Waals surface area contributed by atoms with Crippen LogP contribution in [0.3, 0.4) is 0 Å². The Morgan fingerprint density at radius 3 is 1.89 bits per heavy atom. The van der Waals surface area contributed by atoms with Crippen LogP contribution in [0, 0.1) is 5.41 Å². The fourth-order valence-electron chi connectivity index (χ4n) is 3.45. The molecular weight excluding hydrogens is 313 g/mol. The van der Waals surface area contributed by atoms with Gasteiger partial charge in [0, 0.05) is 0 Å². The van der Waals surface area contributed by atoms with Crippen molar-refractivity contribution in [3.05, 3.63) is 20.6 Å². The Morgan fingerprint density at radius 2 is 1.53 bits per heavy atom. The topological polar surface area (TPSA) is 3.24 Å². The van der Waals surface area contributed by atoms with Gasteiger partial charge >= 0.3 is 118 Å². The van der Waals surface area contributed by atoms with Gasteiger partial charge in [0.1, 0.15) is 0 Å². The van der Waals surface area contributed by atoms with Gasteiger partial charge in [-0.2, -0.15) is 0 Å². The van der Waals surface area contributed by atoms with Crippen molar-refractivity contribution in [2.75, 3.05) is 13.1 Å². The SMILES string of the molecule is CC1=C(C)C(C)(C(C)N2CCCC2)[C]([Ti])=C1C.Cl.Cl. The van der Waals surface area contributed by atoms with E-state index in [-0.39, 0.29) is 30.2 Å². The molecule has 2 rings (SSSR count). The standard InChI is InChI=1S/C15H24N.2ClH.Ti/c1-11-10-15(5,13(3)12(11)2)14(4)16-8-6-7-9-16;;;/h14H,6-9H2,1-5H3;2*1H;. The van der Waals surface area contributed by atoms with Crippen molar-refractivity contribution in [1.82, 2.24) is 4.90 Å². The molecule has 0 radical (unpaired) electrons. The van der Waals surface area contributed by atoms with Crippen molar-refractivity contribution in [2.45, 2.75) is 53.5 Å². The summed E-state index contributed by atoms with van der Waals surface area (Å²) in [6.45, 7) is 14.4. The van der Waals surface area contributed by atoms with Gasteiger partial charge in [0.25, 0.3) is 0 Å². The number of allylic oxidation sites excluding steroid dienone is 2. The summed E-state index contributed by atoms with van der Waals surface area (Å²) < 4.78 is 1.59. The van der Waals surface area contributed by atoms with E-state index in [1.807, 2.05) is 0 Å². The van der Waals surface area contributed by atoms with Gasteiger partial charge < -0.3 is 0 Å². The summed E-state index contributed by atoms with van der Waals surface area (Å²) in [5, 5.41) is 0. The van der Waals surface area contributed by atoms with Crippen molar-refractivity contribution in [3.8, 4) is 0 Å². The van der Waals surface area contributed by atoms with Crippen molar-refractivity contribution in [2.24, 2.45) is 5.41 Å². The van der Waals surface area contributed by atoms with E-state index in [4.69, 9.17) is 0 Å². The van der Waals surface area contributed by atoms with Crippen LogP contribution in [-0.2, 0) is 20.4 Å². The number of hydrogen-bond donors (Lipinski definition) is 0. The summed E-state index contributed by atoms with van der Waals surface area (Å²) in [6.07, 6.45) is 2.76. The zero-order valence-corrected chi connectivity index (χ0v) is 15.9. The minimum Gasteiger partial charge on any atom is -0.147 e. The summed E-state index contributed by atoms with van der Waals surface area (Å²) >= 11 is 2.34. The summed E-state index contributed by atoms with van der Waals surface area (Å²) in [7, 11) is 0. The predicted molar refractivity (Wildman–Crippen MR) is 83.9 cm³/mol. The molecule has 0 saturated carbocycles. The van der Waals surface area contributed by atoms with Crippen LogP contribution in [0.5, 0.6) is 0 Å². The second-order valence-corrected chi connectivity index (χ2v) is 6.65. The Kier molecular flexibility index (Phi) is 7.41. The van der Waals surface area contributed by atoms with E-state index in [1.54, 1.807) is 9.45 Å². The van der Waals surface area contributed by atoms with Crippen LogP contribution in [0.2, 0.25) is 0 Å². The van der Waals surface area contributed by atoms with Gasteiger partial charge in [-0.3, -0.25) is 0 Å². The van der Waals surface area contributed by atoms with Crippen molar-refractivity contribution >= 4 is 24.8 Å². The Balaban J connectivity index is 0.00000162. The number of hydrogen-bond acceptors (Lipinski definition) is 1. The zero-order chi connectivity index (χ0) is 12.8. The maximum Gasteiger partial charge on any atom is -0.147 e. The molecule has 2 atom stereocenters. The Labute approximate surface area is 142 Å². The molecular formula is C15H26Cl2NTi. The smallest absolute Gasteiger partial charge is 0.147 e. The molecule has 0 aromatic rings. The molecule has 4 heteroatoms. The number of nitrogens with zero attached hydrogens (tertiary/aromatic N) is 1. The summed E-state index contributed by atoms with van der Waals surface area (Å²) in [5.41, 5.74) is 4.90. The van der Waals surface area contributed by atoms with E-state index in [0.717, 1.165) is 0 Å². The molecule has 2 aliphatic rings. The van der Waals surface area contributed by atoms with Gasteiger partial charge in [-0.25, -0.2) is 0 Å². The quantitative estimate of drug-likeness (QED) is 0.670. The maximum atomic E-state index is 2.68. The van der Waals surface area contributed by atoms with E-state index in [0.29, 0.717) is 6.04 Å². The number of likely N-dealkylation sites (tertiary alicyclic amines) is 1. The molecule has 109 valence electrons. The number of rotatable bonds is 2. The molecule has 0 amide bonds. The minimum absolute atomic E-state index is 0. The third-order valence-electron chi connectivity index (χ3n) is 5.32. The van der Waals surface area contributed by atoms with Gasteiger partial charge in [-0.15, -0.1) is 24.8 Å². The summed E-state index contributed by atoms with van der Waals surface area (Å²) in [5.74, 6) is 0. The van der Waals surface area contributed by atoms with Crippen LogP contribution >= 0.6 is 24.8 Å². The average Bonchev–Trinajstić information content (AvgIpc) is 2.90. The third-order valence-corrected chi connectivity index (χ3v) is 6.72. The van der Waals surface area contributed by atoms with Gasteiger partial charge in [-0.05, 0) is 0 Å². The molecule has 1 heterocycles. The third kappa shape index (κ3) is 3.01. The summed E-state index contributed by atoms with van der Waals surface area (Å²) in [6, 6.07) is 0.636. The number of halogens is 2. The largest absolute Gasteiger partial charge is 0.147 e. The Hall–Kier alpha value is 0.734. The average molecular weight is 339 g/mol. The fraction of sp³-hybridized carbons (Fsp3) is 0.733. The van der Waals surface area contributed by atoms with Gasteiger partial charge in [0.2, 0.25) is 0 Å². The van der Waals surface area contributed by atoms with Gasteiger partial charge in [-0.1, -0.05) is 0 Å². The van der Waals surface area contributed by atoms with E-state index in [2.05, 4.69) is 60.0 Å². The molecule has 0 aromatic carbocycles. The van der Waals surface area contributed by atoms with Crippen molar-refractivity contribution in [1.29, 1.82) is 0 Å². The first-order valence-electron chi connectivity index (χ1n) is 6.76. The molecule has 19 heavy (non-hydrogen) atoms. The van der Waals surface area contributed by atoms with Crippen LogP contribution in [0.1, 0.15) is 47.5 Å². The monoisotopic (exact) mass is 338 g/mol. The Bertz CT molecular complexity index is 371. The normalized spacial score (nSPS) is 29.3. The van der Waals surface area contributed by atoms with E-state index in [1.165, 1.54) is 37.1 Å². The second-order valence-electron chi connectivity index (χ2n) is 5.87. The molecule has 0 bridgehead atoms. The van der Waals surface area contributed by atoms with Gasteiger partial charge in [0.05, 0.1) is 0 Å². The maximum absolute atomic E-state index is 2.68. The first-order valence-corrected chi connectivity index (χ1v) is 7.54. The van der Waals surface area contributed by atoms with Crippen LogP contribution in [0.4, 0.5) is 0 Å². The van der Waals surface area contributed by atoms with Crippen molar-refractivity contribution < 1.29 is 20.4 Å². The predicted octanol–water partition coefficient (Wildman–Crippen LogP) is 4.49. The zero-order valence-electron chi connectivity index (χ0n) is 12.7. The molecule has 1 aliphatic carbocycles. The van der Waals surface area contributed by atoms with Crippen LogP contribution in [0.25, 0.3) is 0 Å².